The molecule has 1 amide bonds. The van der Waals surface area contributed by atoms with Gasteiger partial charge >= 0.3 is 0 Å². The van der Waals surface area contributed by atoms with Crippen molar-refractivity contribution in [3.8, 4) is 5.75 Å². The second-order valence-corrected chi connectivity index (χ2v) is 7.90. The van der Waals surface area contributed by atoms with Gasteiger partial charge in [0, 0.05) is 12.7 Å². The van der Waals surface area contributed by atoms with Crippen molar-refractivity contribution in [3.63, 3.8) is 0 Å². The van der Waals surface area contributed by atoms with E-state index in [2.05, 4.69) is 5.32 Å². The van der Waals surface area contributed by atoms with Gasteiger partial charge in [0.15, 0.2) is 6.61 Å². The maximum Gasteiger partial charge on any atom is 0.262 e. The number of nitrogens with zero attached hydrogens (tertiary/aromatic N) is 1. The zero-order valence-electron chi connectivity index (χ0n) is 14.7. The Morgan fingerprint density at radius 2 is 1.88 bits per heavy atom. The van der Waals surface area contributed by atoms with E-state index in [1.54, 1.807) is 24.3 Å². The molecular formula is C18H22N2O4S. The number of benzene rings is 2. The molecule has 134 valence electrons. The molecule has 0 aliphatic rings. The number of rotatable bonds is 6. The Labute approximate surface area is 148 Å². The number of nitrogens with one attached hydrogen (secondary N) is 1. The monoisotopic (exact) mass is 362 g/mol. The largest absolute Gasteiger partial charge is 0.483 e. The van der Waals surface area contributed by atoms with Crippen molar-refractivity contribution >= 4 is 27.3 Å². The summed E-state index contributed by atoms with van der Waals surface area (Å²) in [4.78, 5) is 12.1. The zero-order valence-corrected chi connectivity index (χ0v) is 15.6. The second-order valence-electron chi connectivity index (χ2n) is 5.89. The van der Waals surface area contributed by atoms with Gasteiger partial charge in [-0.05, 0) is 49.2 Å². The fourth-order valence-electron chi connectivity index (χ4n) is 2.17. The maximum absolute atomic E-state index is 12.1. The molecule has 0 saturated carbocycles. The molecule has 0 aliphatic carbocycles. The van der Waals surface area contributed by atoms with Crippen molar-refractivity contribution in [1.82, 2.24) is 0 Å². The van der Waals surface area contributed by atoms with E-state index in [0.717, 1.165) is 21.7 Å². The van der Waals surface area contributed by atoms with Gasteiger partial charge in [-0.15, -0.1) is 0 Å². The van der Waals surface area contributed by atoms with E-state index in [0.29, 0.717) is 17.1 Å². The van der Waals surface area contributed by atoms with Crippen molar-refractivity contribution in [3.05, 3.63) is 53.6 Å². The van der Waals surface area contributed by atoms with E-state index < -0.39 is 10.0 Å². The lowest BCUT2D eigenvalue weighted by molar-refractivity contribution is -0.118. The van der Waals surface area contributed by atoms with Crippen LogP contribution >= 0.6 is 0 Å². The Kier molecular flexibility index (Phi) is 5.69. The molecule has 0 unspecified atom stereocenters. The summed E-state index contributed by atoms with van der Waals surface area (Å²) in [6, 6.07) is 12.4. The molecule has 2 aromatic carbocycles. The minimum Gasteiger partial charge on any atom is -0.483 e. The molecule has 7 heteroatoms. The van der Waals surface area contributed by atoms with Gasteiger partial charge in [0.25, 0.3) is 5.91 Å². The third-order valence-corrected chi connectivity index (χ3v) is 4.90. The van der Waals surface area contributed by atoms with Crippen LogP contribution in [0, 0.1) is 13.8 Å². The zero-order chi connectivity index (χ0) is 18.6. The van der Waals surface area contributed by atoms with Crippen LogP contribution in [0.2, 0.25) is 0 Å². The topological polar surface area (TPSA) is 75.7 Å². The summed E-state index contributed by atoms with van der Waals surface area (Å²) in [6.45, 7) is 3.74. The molecule has 0 saturated heterocycles. The van der Waals surface area contributed by atoms with Gasteiger partial charge in [-0.1, -0.05) is 18.2 Å². The molecule has 1 N–H and O–H groups in total. The Bertz CT molecular complexity index is 878. The average molecular weight is 362 g/mol. The third kappa shape index (κ3) is 5.22. The second kappa shape index (κ2) is 7.57. The molecule has 0 aliphatic heterocycles. The van der Waals surface area contributed by atoms with Gasteiger partial charge in [0.2, 0.25) is 10.0 Å². The number of hydrogen-bond donors (Lipinski definition) is 1. The standard InChI is InChI=1S/C18H22N2O4S/c1-13-8-9-14(2)17(10-13)24-12-18(21)19-15-6-5-7-16(11-15)20(3)25(4,22)23/h5-11H,12H2,1-4H3,(H,19,21). The van der Waals surface area contributed by atoms with Gasteiger partial charge in [0.1, 0.15) is 5.75 Å². The molecule has 0 fully saturated rings. The molecule has 2 rings (SSSR count). The highest BCUT2D eigenvalue weighted by atomic mass is 32.2. The Hall–Kier alpha value is -2.54. The van der Waals surface area contributed by atoms with Crippen LogP contribution in [0.4, 0.5) is 11.4 Å². The predicted octanol–water partition coefficient (Wildman–Crippen LogP) is 2.72. The van der Waals surface area contributed by atoms with Gasteiger partial charge in [-0.3, -0.25) is 9.10 Å². The summed E-state index contributed by atoms with van der Waals surface area (Å²) >= 11 is 0. The van der Waals surface area contributed by atoms with E-state index in [1.165, 1.54) is 7.05 Å². The van der Waals surface area contributed by atoms with E-state index in [-0.39, 0.29) is 12.5 Å². The van der Waals surface area contributed by atoms with E-state index in [9.17, 15) is 13.2 Å². The van der Waals surface area contributed by atoms with Gasteiger partial charge in [-0.25, -0.2) is 8.42 Å². The highest BCUT2D eigenvalue weighted by Gasteiger charge is 2.13. The smallest absolute Gasteiger partial charge is 0.262 e. The van der Waals surface area contributed by atoms with Crippen molar-refractivity contribution in [2.24, 2.45) is 0 Å². The van der Waals surface area contributed by atoms with E-state index >= 15 is 0 Å². The van der Waals surface area contributed by atoms with E-state index in [1.807, 2.05) is 32.0 Å². The molecular weight excluding hydrogens is 340 g/mol. The normalized spacial score (nSPS) is 11.0. The van der Waals surface area contributed by atoms with Crippen LogP contribution in [-0.4, -0.2) is 34.2 Å². The number of carbonyl (C=O) groups excluding carboxylic acids is 1. The number of sulfonamides is 1. The Morgan fingerprint density at radius 1 is 1.16 bits per heavy atom. The molecule has 2 aromatic rings. The van der Waals surface area contributed by atoms with Crippen LogP contribution in [0.15, 0.2) is 42.5 Å². The fourth-order valence-corrected chi connectivity index (χ4v) is 2.67. The lowest BCUT2D eigenvalue weighted by Crippen LogP contribution is -2.25. The molecule has 0 heterocycles. The van der Waals surface area contributed by atoms with Crippen molar-refractivity contribution < 1.29 is 17.9 Å². The van der Waals surface area contributed by atoms with Crippen LogP contribution < -0.4 is 14.4 Å². The summed E-state index contributed by atoms with van der Waals surface area (Å²) < 4.78 is 29.9. The first-order valence-electron chi connectivity index (χ1n) is 7.70. The van der Waals surface area contributed by atoms with Crippen LogP contribution in [-0.2, 0) is 14.8 Å². The lowest BCUT2D eigenvalue weighted by atomic mass is 10.1. The SMILES string of the molecule is Cc1ccc(C)c(OCC(=O)Nc2cccc(N(C)S(C)(=O)=O)c2)c1. The van der Waals surface area contributed by atoms with Crippen LogP contribution in [0.25, 0.3) is 0 Å². The summed E-state index contributed by atoms with van der Waals surface area (Å²) in [6.07, 6.45) is 1.12. The number of hydrogen-bond acceptors (Lipinski definition) is 4. The molecule has 25 heavy (non-hydrogen) atoms. The van der Waals surface area contributed by atoms with E-state index in [4.69, 9.17) is 4.74 Å². The first-order chi connectivity index (χ1) is 11.7. The minimum atomic E-state index is -3.36. The fraction of sp³-hybridized carbons (Fsp3) is 0.278. The number of amides is 1. The lowest BCUT2D eigenvalue weighted by Gasteiger charge is -2.17. The van der Waals surface area contributed by atoms with Crippen LogP contribution in [0.5, 0.6) is 5.75 Å². The quantitative estimate of drug-likeness (QED) is 0.857. The predicted molar refractivity (Wildman–Crippen MR) is 99.7 cm³/mol. The summed E-state index contributed by atoms with van der Waals surface area (Å²) in [7, 11) is -1.90. The summed E-state index contributed by atoms with van der Waals surface area (Å²) in [5.74, 6) is 0.348. The number of anilines is 2. The number of carbonyl (C=O) groups is 1. The van der Waals surface area contributed by atoms with Gasteiger partial charge in [0.05, 0.1) is 11.9 Å². The van der Waals surface area contributed by atoms with Crippen LogP contribution in [0.3, 0.4) is 0 Å². The molecule has 0 radical (unpaired) electrons. The van der Waals surface area contributed by atoms with Crippen molar-refractivity contribution in [2.75, 3.05) is 29.5 Å². The highest BCUT2D eigenvalue weighted by Crippen LogP contribution is 2.21. The van der Waals surface area contributed by atoms with Crippen molar-refractivity contribution in [2.45, 2.75) is 13.8 Å². The first-order valence-corrected chi connectivity index (χ1v) is 9.55. The number of ether oxygens (including phenoxy) is 1. The Morgan fingerprint density at radius 3 is 2.56 bits per heavy atom. The molecule has 6 nitrogen and oxygen atoms in total. The third-order valence-electron chi connectivity index (χ3n) is 3.69. The minimum absolute atomic E-state index is 0.129. The van der Waals surface area contributed by atoms with Gasteiger partial charge in [-0.2, -0.15) is 0 Å². The molecule has 0 bridgehead atoms. The molecule has 0 spiro atoms. The summed E-state index contributed by atoms with van der Waals surface area (Å²) in [5.41, 5.74) is 2.98. The average Bonchev–Trinajstić information content (AvgIpc) is 2.54. The Balaban J connectivity index is 2.02. The first kappa shape index (κ1) is 18.8. The van der Waals surface area contributed by atoms with Crippen LogP contribution in [0.1, 0.15) is 11.1 Å². The van der Waals surface area contributed by atoms with Crippen molar-refractivity contribution in [1.29, 1.82) is 0 Å². The van der Waals surface area contributed by atoms with Gasteiger partial charge < -0.3 is 10.1 Å². The molecule has 0 aromatic heterocycles. The number of aryl methyl sites for hydroxylation is 2. The molecule has 0 atom stereocenters. The maximum atomic E-state index is 12.1. The highest BCUT2D eigenvalue weighted by molar-refractivity contribution is 7.92. The summed E-state index contributed by atoms with van der Waals surface area (Å²) in [5, 5.41) is 2.71.